The van der Waals surface area contributed by atoms with Crippen molar-refractivity contribution in [1.29, 1.82) is 0 Å². The lowest BCUT2D eigenvalue weighted by Crippen LogP contribution is -2.14. The van der Waals surface area contributed by atoms with Crippen LogP contribution in [0.2, 0.25) is 5.02 Å². The molecule has 0 amide bonds. The SMILES string of the molecule is CCc1c(C(=O)OC)n(CCCOc2cc(SCc3ccc(OC)cc3)cc3ccccc23)c2ccc(Cl)c(-c3c(CO)nn(C)c3C)c12. The number of aromatic nitrogens is 3. The van der Waals surface area contributed by atoms with Gasteiger partial charge in [0.15, 0.2) is 0 Å². The predicted octanol–water partition coefficient (Wildman–Crippen LogP) is 8.77. The van der Waals surface area contributed by atoms with Gasteiger partial charge in [0.2, 0.25) is 0 Å². The van der Waals surface area contributed by atoms with Gasteiger partial charge in [-0.2, -0.15) is 5.10 Å². The molecule has 10 heteroatoms. The van der Waals surface area contributed by atoms with Gasteiger partial charge in [-0.15, -0.1) is 11.8 Å². The Labute approximate surface area is 295 Å². The van der Waals surface area contributed by atoms with Crippen molar-refractivity contribution in [2.75, 3.05) is 20.8 Å². The van der Waals surface area contributed by atoms with E-state index in [1.807, 2.05) is 61.9 Å². The smallest absolute Gasteiger partial charge is 0.354 e. The Morgan fingerprint density at radius 3 is 2.51 bits per heavy atom. The van der Waals surface area contributed by atoms with Crippen LogP contribution in [0.5, 0.6) is 11.5 Å². The van der Waals surface area contributed by atoms with Crippen molar-refractivity contribution >= 4 is 51.0 Å². The monoisotopic (exact) mass is 697 g/mol. The van der Waals surface area contributed by atoms with Crippen LogP contribution < -0.4 is 9.47 Å². The molecule has 1 N–H and O–H groups in total. The molecule has 0 saturated carbocycles. The first kappa shape index (κ1) is 34.4. The maximum Gasteiger partial charge on any atom is 0.354 e. The van der Waals surface area contributed by atoms with Crippen molar-refractivity contribution in [3.63, 3.8) is 0 Å². The molecule has 0 aliphatic rings. The van der Waals surface area contributed by atoms with E-state index in [1.54, 1.807) is 23.6 Å². The van der Waals surface area contributed by atoms with E-state index < -0.39 is 5.97 Å². The lowest BCUT2D eigenvalue weighted by atomic mass is 9.95. The number of carbonyl (C=O) groups is 1. The number of aryl methyl sites for hydroxylation is 3. The van der Waals surface area contributed by atoms with Crippen LogP contribution in [0.15, 0.2) is 77.7 Å². The molecule has 254 valence electrons. The number of carbonyl (C=O) groups excluding carboxylic acids is 1. The minimum atomic E-state index is -0.408. The zero-order chi connectivity index (χ0) is 34.7. The quantitative estimate of drug-likeness (QED) is 0.0733. The van der Waals surface area contributed by atoms with Crippen LogP contribution in [0.3, 0.4) is 0 Å². The van der Waals surface area contributed by atoms with Crippen molar-refractivity contribution < 1.29 is 24.1 Å². The van der Waals surface area contributed by atoms with Gasteiger partial charge in [-0.05, 0) is 72.7 Å². The lowest BCUT2D eigenvalue weighted by Gasteiger charge is -2.14. The molecule has 0 aliphatic heterocycles. The Kier molecular flexibility index (Phi) is 10.5. The number of nitrogens with zero attached hydrogens (tertiary/aromatic N) is 3. The Morgan fingerprint density at radius 1 is 1.02 bits per heavy atom. The molecule has 8 nitrogen and oxygen atoms in total. The fraction of sp³-hybridized carbons (Fsp3) is 0.282. The molecular weight excluding hydrogens is 658 g/mol. The van der Waals surface area contributed by atoms with Gasteiger partial charge in [0, 0.05) is 62.4 Å². The molecule has 6 rings (SSSR count). The van der Waals surface area contributed by atoms with Crippen molar-refractivity contribution in [3.05, 3.63) is 106 Å². The van der Waals surface area contributed by atoms with E-state index in [2.05, 4.69) is 41.5 Å². The average Bonchev–Trinajstić information content (AvgIpc) is 3.60. The number of esters is 1. The molecule has 49 heavy (non-hydrogen) atoms. The fourth-order valence-corrected chi connectivity index (χ4v) is 7.69. The summed E-state index contributed by atoms with van der Waals surface area (Å²) in [6.07, 6.45) is 1.22. The highest BCUT2D eigenvalue weighted by Gasteiger charge is 2.28. The Hall–Kier alpha value is -4.44. The standard InChI is InChI=1S/C39H40ClN3O5S/c1-6-29-36-33(17-16-31(40)37(36)35-24(2)42(3)41-32(35)22-44)43(38(29)39(45)47-5)18-9-19-48-34-21-28(20-26-10-7-8-11-30(26)34)49-23-25-12-14-27(46-4)15-13-25/h7-8,10-17,20-21,44H,6,9,18-19,22-23H2,1-5H3. The number of benzene rings is 4. The summed E-state index contributed by atoms with van der Waals surface area (Å²) in [6, 6.07) is 24.5. The number of methoxy groups -OCH3 is 2. The van der Waals surface area contributed by atoms with Gasteiger partial charge in [-0.25, -0.2) is 4.79 Å². The van der Waals surface area contributed by atoms with Crippen LogP contribution in [0.25, 0.3) is 32.8 Å². The highest BCUT2D eigenvalue weighted by Crippen LogP contribution is 2.43. The second-order valence-corrected chi connectivity index (χ2v) is 13.3. The minimum absolute atomic E-state index is 0.233. The third-order valence-corrected chi connectivity index (χ3v) is 10.3. The van der Waals surface area contributed by atoms with Gasteiger partial charge in [-0.3, -0.25) is 4.68 Å². The fourth-order valence-electron chi connectivity index (χ4n) is 6.51. The van der Waals surface area contributed by atoms with E-state index in [-0.39, 0.29) is 6.61 Å². The van der Waals surface area contributed by atoms with Crippen molar-refractivity contribution in [1.82, 2.24) is 14.3 Å². The lowest BCUT2D eigenvalue weighted by molar-refractivity contribution is 0.0587. The molecule has 2 aromatic heterocycles. The van der Waals surface area contributed by atoms with E-state index in [4.69, 9.17) is 25.8 Å². The number of rotatable bonds is 13. The number of thioether (sulfide) groups is 1. The molecular formula is C39H40ClN3O5S. The van der Waals surface area contributed by atoms with E-state index in [0.29, 0.717) is 42.4 Å². The van der Waals surface area contributed by atoms with Gasteiger partial charge in [0.25, 0.3) is 0 Å². The number of halogens is 1. The summed E-state index contributed by atoms with van der Waals surface area (Å²) >= 11 is 8.67. The molecule has 4 aromatic carbocycles. The topological polar surface area (TPSA) is 87.7 Å². The predicted molar refractivity (Wildman–Crippen MR) is 197 cm³/mol. The number of fused-ring (bicyclic) bond motifs is 2. The number of hydrogen-bond donors (Lipinski definition) is 1. The first-order chi connectivity index (χ1) is 23.8. The Bertz CT molecular complexity index is 2140. The molecule has 0 radical (unpaired) electrons. The van der Waals surface area contributed by atoms with Crippen molar-refractivity contribution in [2.24, 2.45) is 7.05 Å². The van der Waals surface area contributed by atoms with Crippen LogP contribution >= 0.6 is 23.4 Å². The van der Waals surface area contributed by atoms with Crippen molar-refractivity contribution in [3.8, 4) is 22.6 Å². The molecule has 0 bridgehead atoms. The highest BCUT2D eigenvalue weighted by molar-refractivity contribution is 7.98. The average molecular weight is 698 g/mol. The van der Waals surface area contributed by atoms with Gasteiger partial charge < -0.3 is 23.9 Å². The molecule has 6 aromatic rings. The summed E-state index contributed by atoms with van der Waals surface area (Å²) < 4.78 is 20.9. The van der Waals surface area contributed by atoms with Crippen molar-refractivity contribution in [2.45, 2.75) is 50.5 Å². The first-order valence-electron chi connectivity index (χ1n) is 16.3. The van der Waals surface area contributed by atoms with E-state index in [9.17, 15) is 9.90 Å². The summed E-state index contributed by atoms with van der Waals surface area (Å²) in [5.74, 6) is 2.08. The molecule has 0 atom stereocenters. The minimum Gasteiger partial charge on any atom is -0.497 e. The van der Waals surface area contributed by atoms with Crippen LogP contribution in [0.1, 0.15) is 46.3 Å². The maximum absolute atomic E-state index is 13.4. The third-order valence-electron chi connectivity index (χ3n) is 8.96. The van der Waals surface area contributed by atoms with E-state index in [0.717, 1.165) is 66.2 Å². The summed E-state index contributed by atoms with van der Waals surface area (Å²) in [4.78, 5) is 14.5. The van der Waals surface area contributed by atoms with Crippen LogP contribution in [0.4, 0.5) is 0 Å². The van der Waals surface area contributed by atoms with Crippen LogP contribution in [0, 0.1) is 6.92 Å². The van der Waals surface area contributed by atoms with E-state index in [1.165, 1.54) is 12.7 Å². The zero-order valence-electron chi connectivity index (χ0n) is 28.4. The van der Waals surface area contributed by atoms with E-state index >= 15 is 0 Å². The summed E-state index contributed by atoms with van der Waals surface area (Å²) in [6.45, 7) is 4.70. The molecule has 0 saturated heterocycles. The second-order valence-electron chi connectivity index (χ2n) is 11.8. The second kappa shape index (κ2) is 15.0. The molecule has 0 unspecified atom stereocenters. The van der Waals surface area contributed by atoms with Gasteiger partial charge in [-0.1, -0.05) is 54.9 Å². The zero-order valence-corrected chi connectivity index (χ0v) is 30.0. The highest BCUT2D eigenvalue weighted by atomic mass is 35.5. The first-order valence-corrected chi connectivity index (χ1v) is 17.6. The summed E-state index contributed by atoms with van der Waals surface area (Å²) in [7, 11) is 4.92. The van der Waals surface area contributed by atoms with Gasteiger partial charge in [0.1, 0.15) is 17.2 Å². The molecule has 0 fully saturated rings. The number of hydrogen-bond acceptors (Lipinski definition) is 7. The van der Waals surface area contributed by atoms with Crippen LogP contribution in [-0.2, 0) is 37.1 Å². The van der Waals surface area contributed by atoms with Gasteiger partial charge >= 0.3 is 5.97 Å². The maximum atomic E-state index is 13.4. The third kappa shape index (κ3) is 6.75. The summed E-state index contributed by atoms with van der Waals surface area (Å²) in [5.41, 5.74) is 6.38. The summed E-state index contributed by atoms with van der Waals surface area (Å²) in [5, 5.41) is 18.3. The largest absolute Gasteiger partial charge is 0.497 e. The molecule has 0 spiro atoms. The Morgan fingerprint density at radius 2 is 1.80 bits per heavy atom. The Balaban J connectivity index is 1.30. The molecule has 0 aliphatic carbocycles. The molecule has 2 heterocycles. The normalized spacial score (nSPS) is 11.4. The van der Waals surface area contributed by atoms with Crippen LogP contribution in [-0.4, -0.2) is 46.2 Å². The number of ether oxygens (including phenoxy) is 3. The number of aliphatic hydroxyl groups excluding tert-OH is 1. The number of aliphatic hydroxyl groups is 1. The van der Waals surface area contributed by atoms with Gasteiger partial charge in [0.05, 0.1) is 33.1 Å².